The molecule has 0 saturated heterocycles. The number of rotatable bonds is 14. The Labute approximate surface area is 221 Å². The van der Waals surface area contributed by atoms with Crippen LogP contribution in [0.2, 0.25) is 0 Å². The Bertz CT molecular complexity index is 1030. The third kappa shape index (κ3) is 9.37. The van der Waals surface area contributed by atoms with Gasteiger partial charge in [0.25, 0.3) is 0 Å². The van der Waals surface area contributed by atoms with E-state index in [1.807, 2.05) is 19.1 Å². The van der Waals surface area contributed by atoms with Crippen LogP contribution in [-0.2, 0) is 27.1 Å². The van der Waals surface area contributed by atoms with Crippen molar-refractivity contribution in [2.45, 2.75) is 77.5 Å². The first-order chi connectivity index (χ1) is 17.7. The van der Waals surface area contributed by atoms with Crippen LogP contribution in [0.3, 0.4) is 0 Å². The van der Waals surface area contributed by atoms with Crippen LogP contribution in [0.4, 0.5) is 4.39 Å². The average Bonchev–Trinajstić information content (AvgIpc) is 3.26. The second-order valence-corrected chi connectivity index (χ2v) is 10.7. The molecule has 1 aliphatic carbocycles. The summed E-state index contributed by atoms with van der Waals surface area (Å²) >= 11 is 0. The molecule has 0 unspecified atom stereocenters. The summed E-state index contributed by atoms with van der Waals surface area (Å²) in [4.78, 5) is 11.5. The summed E-state index contributed by atoms with van der Waals surface area (Å²) in [6, 6.07) is 13.2. The molecule has 0 fully saturated rings. The molecule has 0 bridgehead atoms. The smallest absolute Gasteiger partial charge is 0.306 e. The minimum Gasteiger partial charge on any atom is -0.466 e. The number of aliphatic hydroxyl groups excluding tert-OH is 1. The highest BCUT2D eigenvalue weighted by atomic mass is 19.1. The zero-order chi connectivity index (χ0) is 26.8. The highest BCUT2D eigenvalue weighted by molar-refractivity contribution is 5.69. The van der Waals surface area contributed by atoms with Crippen molar-refractivity contribution in [1.29, 1.82) is 0 Å². The minimum absolute atomic E-state index is 0.108. The molecule has 202 valence electrons. The van der Waals surface area contributed by atoms with Crippen molar-refractivity contribution in [3.8, 4) is 0 Å². The van der Waals surface area contributed by atoms with Crippen LogP contribution in [0.15, 0.2) is 48.5 Å². The molecular weight excluding hydrogens is 469 g/mol. The van der Waals surface area contributed by atoms with Gasteiger partial charge in [-0.15, -0.1) is 0 Å². The summed E-state index contributed by atoms with van der Waals surface area (Å²) in [5.41, 5.74) is 4.33. The van der Waals surface area contributed by atoms with E-state index in [0.29, 0.717) is 37.5 Å². The van der Waals surface area contributed by atoms with Gasteiger partial charge in [-0.2, -0.15) is 0 Å². The number of hydrogen-bond donors (Lipinski definition) is 2. The van der Waals surface area contributed by atoms with Crippen LogP contribution in [0.25, 0.3) is 6.08 Å². The van der Waals surface area contributed by atoms with E-state index in [9.17, 15) is 14.3 Å². The summed E-state index contributed by atoms with van der Waals surface area (Å²) < 4.78 is 24.9. The minimum atomic E-state index is -0.681. The topological polar surface area (TPSA) is 67.8 Å². The Morgan fingerprint density at radius 3 is 2.59 bits per heavy atom. The van der Waals surface area contributed by atoms with Crippen molar-refractivity contribution < 1.29 is 23.8 Å². The van der Waals surface area contributed by atoms with Crippen LogP contribution in [0.5, 0.6) is 0 Å². The van der Waals surface area contributed by atoms with Gasteiger partial charge in [0.05, 0.1) is 25.4 Å². The lowest BCUT2D eigenvalue weighted by molar-refractivity contribution is -0.143. The van der Waals surface area contributed by atoms with Crippen LogP contribution in [0, 0.1) is 11.7 Å². The lowest BCUT2D eigenvalue weighted by atomic mass is 9.88. The van der Waals surface area contributed by atoms with E-state index in [2.05, 4.69) is 43.4 Å². The number of benzene rings is 2. The predicted molar refractivity (Wildman–Crippen MR) is 146 cm³/mol. The van der Waals surface area contributed by atoms with Crippen LogP contribution >= 0.6 is 0 Å². The molecule has 0 heterocycles. The number of carbonyl (C=O) groups is 1. The van der Waals surface area contributed by atoms with Gasteiger partial charge in [0.15, 0.2) is 0 Å². The average molecular weight is 512 g/mol. The maximum Gasteiger partial charge on any atom is 0.306 e. The molecule has 3 rings (SSSR count). The normalized spacial score (nSPS) is 15.6. The highest BCUT2D eigenvalue weighted by Gasteiger charge is 2.28. The molecule has 2 aromatic carbocycles. The third-order valence-electron chi connectivity index (χ3n) is 6.89. The molecule has 0 aromatic heterocycles. The van der Waals surface area contributed by atoms with E-state index < -0.39 is 12.2 Å². The van der Waals surface area contributed by atoms with Gasteiger partial charge < -0.3 is 19.9 Å². The number of hydrogen-bond acceptors (Lipinski definition) is 5. The van der Waals surface area contributed by atoms with E-state index in [4.69, 9.17) is 9.47 Å². The van der Waals surface area contributed by atoms with Crippen molar-refractivity contribution >= 4 is 12.0 Å². The van der Waals surface area contributed by atoms with E-state index in [-0.39, 0.29) is 23.9 Å². The number of halogens is 1. The molecule has 5 nitrogen and oxygen atoms in total. The molecule has 2 atom stereocenters. The second kappa shape index (κ2) is 13.8. The Morgan fingerprint density at radius 1 is 1.22 bits per heavy atom. The van der Waals surface area contributed by atoms with Gasteiger partial charge >= 0.3 is 5.97 Å². The van der Waals surface area contributed by atoms with Crippen LogP contribution in [-0.4, -0.2) is 42.5 Å². The lowest BCUT2D eigenvalue weighted by Crippen LogP contribution is -2.45. The number of esters is 1. The predicted octanol–water partition coefficient (Wildman–Crippen LogP) is 5.79. The summed E-state index contributed by atoms with van der Waals surface area (Å²) in [5, 5.41) is 14.1. The van der Waals surface area contributed by atoms with Crippen molar-refractivity contribution in [1.82, 2.24) is 5.32 Å². The fraction of sp³-hybridized carbons (Fsp3) is 0.516. The maximum atomic E-state index is 14.0. The Balaban J connectivity index is 1.45. The van der Waals surface area contributed by atoms with Gasteiger partial charge in [-0.05, 0) is 93.7 Å². The molecule has 6 heteroatoms. The van der Waals surface area contributed by atoms with Crippen molar-refractivity contribution in [2.24, 2.45) is 5.92 Å². The number of aliphatic hydroxyl groups is 1. The van der Waals surface area contributed by atoms with E-state index in [1.165, 1.54) is 23.3 Å². The quantitative estimate of drug-likeness (QED) is 0.314. The zero-order valence-corrected chi connectivity index (χ0v) is 22.6. The largest absolute Gasteiger partial charge is 0.466 e. The summed E-state index contributed by atoms with van der Waals surface area (Å²) in [6.45, 7) is 8.92. The molecule has 2 N–H and O–H groups in total. The fourth-order valence-electron chi connectivity index (χ4n) is 5.08. The maximum absolute atomic E-state index is 14.0. The molecule has 0 aliphatic heterocycles. The number of ether oxygens (including phenoxy) is 2. The Morgan fingerprint density at radius 2 is 1.92 bits per heavy atom. The Hall–Kier alpha value is -2.54. The van der Waals surface area contributed by atoms with Gasteiger partial charge in [0.2, 0.25) is 0 Å². The van der Waals surface area contributed by atoms with Gasteiger partial charge in [-0.25, -0.2) is 4.39 Å². The van der Waals surface area contributed by atoms with E-state index >= 15 is 0 Å². The molecule has 0 saturated carbocycles. The van der Waals surface area contributed by atoms with Gasteiger partial charge in [0.1, 0.15) is 5.82 Å². The number of carbonyl (C=O) groups excluding carboxylic acids is 1. The first-order valence-electron chi connectivity index (χ1n) is 13.4. The molecule has 2 aromatic rings. The fourth-order valence-corrected chi connectivity index (χ4v) is 5.08. The number of fused-ring (bicyclic) bond motifs is 1. The molecular formula is C31H42FNO4. The first kappa shape index (κ1) is 29.0. The van der Waals surface area contributed by atoms with E-state index in [1.54, 1.807) is 13.0 Å². The number of β-amino-alcohol motifs (C(OH)–C–C–N with tert-alkyl or cyclic N) is 1. The third-order valence-corrected chi connectivity index (χ3v) is 6.89. The molecule has 37 heavy (non-hydrogen) atoms. The van der Waals surface area contributed by atoms with Gasteiger partial charge in [-0.1, -0.05) is 42.5 Å². The van der Waals surface area contributed by atoms with Crippen molar-refractivity contribution in [2.75, 3.05) is 19.8 Å². The molecule has 0 amide bonds. The van der Waals surface area contributed by atoms with Crippen molar-refractivity contribution in [3.05, 3.63) is 76.6 Å². The SMILES string of the molecule is CCOC(=O)CC/C=C/c1ccc(F)cc1[C@@H](C)OC[C@H](O)CNC(C)(C)CC1Cc2ccccc2C1. The summed E-state index contributed by atoms with van der Waals surface area (Å²) in [6.07, 6.45) is 6.75. The van der Waals surface area contributed by atoms with Gasteiger partial charge in [-0.3, -0.25) is 4.79 Å². The zero-order valence-electron chi connectivity index (χ0n) is 22.6. The summed E-state index contributed by atoms with van der Waals surface area (Å²) in [7, 11) is 0. The lowest BCUT2D eigenvalue weighted by Gasteiger charge is -2.31. The molecule has 0 spiro atoms. The first-order valence-corrected chi connectivity index (χ1v) is 13.4. The Kier molecular flexibility index (Phi) is 10.9. The van der Waals surface area contributed by atoms with Crippen molar-refractivity contribution in [3.63, 3.8) is 0 Å². The molecule has 0 radical (unpaired) electrons. The number of allylic oxidation sites excluding steroid dienone is 1. The number of nitrogens with one attached hydrogen (secondary N) is 1. The van der Waals surface area contributed by atoms with Crippen LogP contribution in [0.1, 0.15) is 75.3 Å². The standard InChI is InChI=1S/C31H42FNO4/c1-5-36-30(35)13-9-8-10-24-14-15-27(32)18-29(24)22(2)37-21-28(34)20-33-31(3,4)19-23-16-25-11-6-7-12-26(25)17-23/h6-8,10-12,14-15,18,22-23,28,33-34H,5,9,13,16-17,19-21H2,1-4H3/b10-8+/t22-,28-/m1/s1. The van der Waals surface area contributed by atoms with Crippen LogP contribution < -0.4 is 5.32 Å². The van der Waals surface area contributed by atoms with E-state index in [0.717, 1.165) is 24.8 Å². The monoisotopic (exact) mass is 511 g/mol. The molecule has 1 aliphatic rings. The second-order valence-electron chi connectivity index (χ2n) is 10.7. The highest BCUT2D eigenvalue weighted by Crippen LogP contribution is 2.32. The van der Waals surface area contributed by atoms with Gasteiger partial charge in [0, 0.05) is 18.5 Å². The summed E-state index contributed by atoms with van der Waals surface area (Å²) in [5.74, 6) is 0.0273.